The molecular formula is C99H124. The van der Waals surface area contributed by atoms with Gasteiger partial charge in [-0.2, -0.15) is 0 Å². The molecular weight excluding hydrogens is 1190 g/mol. The zero-order chi connectivity index (χ0) is 69.5. The average Bonchev–Trinajstić information content (AvgIpc) is 1.58. The molecule has 7 aromatic carbocycles. The van der Waals surface area contributed by atoms with E-state index in [-0.39, 0.29) is 16.2 Å². The predicted octanol–water partition coefficient (Wildman–Crippen LogP) is 31.0. The molecule has 0 bridgehead atoms. The van der Waals surface area contributed by atoms with Crippen molar-refractivity contribution >= 4 is 60.8 Å². The van der Waals surface area contributed by atoms with Crippen molar-refractivity contribution in [3.63, 3.8) is 0 Å². The monoisotopic (exact) mass is 1310 g/mol. The summed E-state index contributed by atoms with van der Waals surface area (Å²) in [6, 6.07) is 49.1. The molecule has 0 saturated carbocycles. The number of rotatable bonds is 40. The van der Waals surface area contributed by atoms with E-state index in [9.17, 15) is 0 Å². The molecule has 3 aliphatic rings. The molecule has 0 spiro atoms. The van der Waals surface area contributed by atoms with Gasteiger partial charge >= 0.3 is 0 Å². The third kappa shape index (κ3) is 17.0. The fraction of sp³-hybridized carbons (Fsp3) is 0.434. The molecule has 10 rings (SSSR count). The molecule has 0 atom stereocenters. The van der Waals surface area contributed by atoms with E-state index in [1.807, 2.05) is 0 Å². The van der Waals surface area contributed by atoms with Crippen LogP contribution in [0.4, 0.5) is 0 Å². The van der Waals surface area contributed by atoms with Crippen molar-refractivity contribution in [2.24, 2.45) is 0 Å². The first kappa shape index (κ1) is 74.4. The van der Waals surface area contributed by atoms with Crippen molar-refractivity contribution in [1.82, 2.24) is 0 Å². The Morgan fingerprint density at radius 1 is 0.222 bits per heavy atom. The van der Waals surface area contributed by atoms with E-state index in [1.165, 1.54) is 282 Å². The van der Waals surface area contributed by atoms with Crippen LogP contribution in [0.25, 0.3) is 94.1 Å². The number of allylic oxidation sites excluding steroid dienone is 4. The van der Waals surface area contributed by atoms with E-state index < -0.39 is 0 Å². The molecule has 0 radical (unpaired) electrons. The van der Waals surface area contributed by atoms with Crippen LogP contribution in [0.5, 0.6) is 0 Å². The second-order valence-electron chi connectivity index (χ2n) is 30.0. The molecule has 0 saturated heterocycles. The van der Waals surface area contributed by atoms with E-state index >= 15 is 0 Å². The van der Waals surface area contributed by atoms with Gasteiger partial charge < -0.3 is 0 Å². The van der Waals surface area contributed by atoms with Crippen LogP contribution >= 0.6 is 0 Å². The van der Waals surface area contributed by atoms with Crippen molar-refractivity contribution in [3.8, 4) is 33.4 Å². The van der Waals surface area contributed by atoms with Crippen molar-refractivity contribution in [1.29, 1.82) is 0 Å². The lowest BCUT2D eigenvalue weighted by Crippen LogP contribution is -2.26. The summed E-state index contributed by atoms with van der Waals surface area (Å²) in [5, 5.41) is 0. The lowest BCUT2D eigenvalue weighted by Gasteiger charge is -2.33. The Balaban J connectivity index is 1.18. The third-order valence-corrected chi connectivity index (χ3v) is 23.0. The standard InChI is InChI=1S/C99H124/c1-11-21-27-36-60-97(61-37-28-22-12-2)88-69-76(42-17-7)52-57-85(88)94-82(45-20-10)67-80(73-92(94)97)48-49-81-68-84(96-86-58-53-77(43-18-8)70-89(86)98(93(96)74-81,62-38-29-23-13-3)63-39-30-24-14-4)56-51-78-54-59-87-90(71-78)99(64-40-31-25-15-5,65-41-32-26-16-6)91-72-79(44-19-9)66-83(95(87)91)55-50-75-46-34-33-35-47-75/h17-20,33-35,42-59,66-74H,11-16,21-32,36-41,60-65H2,1-10H3/b42-17+,43-18+,44-19+,45-20+,49-48+,55-50+,56-51+. The Morgan fingerprint density at radius 2 is 0.485 bits per heavy atom. The number of hydrogen-bond donors (Lipinski definition) is 0. The minimum atomic E-state index is -0.0947. The fourth-order valence-electron chi connectivity index (χ4n) is 18.1. The van der Waals surface area contributed by atoms with E-state index in [2.05, 4.69) is 276 Å². The Labute approximate surface area is 603 Å². The number of benzene rings is 7. The summed E-state index contributed by atoms with van der Waals surface area (Å²) in [5.74, 6) is 0. The maximum atomic E-state index is 2.69. The van der Waals surface area contributed by atoms with Crippen molar-refractivity contribution in [3.05, 3.63) is 235 Å². The van der Waals surface area contributed by atoms with Gasteiger partial charge in [-0.25, -0.2) is 0 Å². The quantitative estimate of drug-likeness (QED) is 0.0265. The summed E-state index contributed by atoms with van der Waals surface area (Å²) in [6.07, 6.45) is 70.6. The summed E-state index contributed by atoms with van der Waals surface area (Å²) in [7, 11) is 0. The highest BCUT2D eigenvalue weighted by Gasteiger charge is 2.46. The molecule has 3 aliphatic carbocycles. The highest BCUT2D eigenvalue weighted by atomic mass is 14.5. The molecule has 0 heterocycles. The summed E-state index contributed by atoms with van der Waals surface area (Å²) >= 11 is 0. The van der Waals surface area contributed by atoms with Crippen LogP contribution in [0, 0.1) is 0 Å². The van der Waals surface area contributed by atoms with Gasteiger partial charge in [0.15, 0.2) is 0 Å². The Hall–Kier alpha value is -7.28. The van der Waals surface area contributed by atoms with Crippen LogP contribution in [-0.4, -0.2) is 0 Å². The molecule has 7 aromatic rings. The van der Waals surface area contributed by atoms with Gasteiger partial charge in [0, 0.05) is 16.2 Å². The zero-order valence-electron chi connectivity index (χ0n) is 63.3. The molecule has 0 aliphatic heterocycles. The van der Waals surface area contributed by atoms with Crippen LogP contribution in [0.15, 0.2) is 146 Å². The topological polar surface area (TPSA) is 0 Å². The van der Waals surface area contributed by atoms with E-state index in [4.69, 9.17) is 0 Å². The van der Waals surface area contributed by atoms with Crippen molar-refractivity contribution in [2.75, 3.05) is 0 Å². The summed E-state index contributed by atoms with van der Waals surface area (Å²) in [6.45, 7) is 22.9. The molecule has 0 unspecified atom stereocenters. The molecule has 0 fully saturated rings. The second kappa shape index (κ2) is 36.9. The van der Waals surface area contributed by atoms with Gasteiger partial charge in [0.25, 0.3) is 0 Å². The molecule has 99 heavy (non-hydrogen) atoms. The van der Waals surface area contributed by atoms with E-state index in [0.717, 1.165) is 0 Å². The van der Waals surface area contributed by atoms with Crippen LogP contribution in [0.1, 0.15) is 351 Å². The normalized spacial score (nSPS) is 14.7. The summed E-state index contributed by atoms with van der Waals surface area (Å²) in [4.78, 5) is 0. The minimum Gasteiger partial charge on any atom is -0.0871 e. The Bertz CT molecular complexity index is 3950. The van der Waals surface area contributed by atoms with Crippen molar-refractivity contribution < 1.29 is 0 Å². The molecule has 0 nitrogen and oxygen atoms in total. The second-order valence-corrected chi connectivity index (χ2v) is 30.0. The maximum Gasteiger partial charge on any atom is 0.0215 e. The number of hydrogen-bond acceptors (Lipinski definition) is 0. The third-order valence-electron chi connectivity index (χ3n) is 23.0. The van der Waals surface area contributed by atoms with Crippen LogP contribution in [0.2, 0.25) is 0 Å². The fourth-order valence-corrected chi connectivity index (χ4v) is 18.1. The number of unbranched alkanes of at least 4 members (excludes halogenated alkanes) is 18. The van der Waals surface area contributed by atoms with Gasteiger partial charge in [-0.15, -0.1) is 0 Å². The summed E-state index contributed by atoms with van der Waals surface area (Å²) < 4.78 is 0. The van der Waals surface area contributed by atoms with E-state index in [0.29, 0.717) is 0 Å². The van der Waals surface area contributed by atoms with Gasteiger partial charge in [0.05, 0.1) is 0 Å². The van der Waals surface area contributed by atoms with Gasteiger partial charge in [-0.05, 0) is 207 Å². The van der Waals surface area contributed by atoms with Gasteiger partial charge in [-0.1, -0.05) is 384 Å². The van der Waals surface area contributed by atoms with Crippen LogP contribution in [0.3, 0.4) is 0 Å². The molecule has 520 valence electrons. The number of fused-ring (bicyclic) bond motifs is 9. The lowest BCUT2D eigenvalue weighted by atomic mass is 9.69. The lowest BCUT2D eigenvalue weighted by molar-refractivity contribution is 0.401. The van der Waals surface area contributed by atoms with Gasteiger partial charge in [-0.3, -0.25) is 0 Å². The first-order valence-corrected chi connectivity index (χ1v) is 40.2. The molecule has 0 N–H and O–H groups in total. The molecule has 0 aromatic heterocycles. The summed E-state index contributed by atoms with van der Waals surface area (Å²) in [5.41, 5.74) is 30.9. The Kier molecular flexibility index (Phi) is 27.7. The maximum absolute atomic E-state index is 2.69. The Morgan fingerprint density at radius 3 is 0.798 bits per heavy atom. The van der Waals surface area contributed by atoms with Gasteiger partial charge in [0.2, 0.25) is 0 Å². The van der Waals surface area contributed by atoms with Crippen LogP contribution in [-0.2, 0) is 16.2 Å². The van der Waals surface area contributed by atoms with Gasteiger partial charge in [0.1, 0.15) is 0 Å². The minimum absolute atomic E-state index is 0.0383. The first-order valence-electron chi connectivity index (χ1n) is 40.2. The predicted molar refractivity (Wildman–Crippen MR) is 443 cm³/mol. The highest BCUT2D eigenvalue weighted by Crippen LogP contribution is 2.60. The largest absolute Gasteiger partial charge is 0.0871 e. The molecule has 0 amide bonds. The zero-order valence-corrected chi connectivity index (χ0v) is 63.3. The average molecular weight is 1310 g/mol. The highest BCUT2D eigenvalue weighted by molar-refractivity contribution is 5.96. The van der Waals surface area contributed by atoms with Crippen molar-refractivity contribution in [2.45, 2.75) is 278 Å². The smallest absolute Gasteiger partial charge is 0.0215 e. The SMILES string of the molecule is C/C=C/c1ccc2c(c1)C(CCCCCC)(CCCCCC)c1cc(/C=C/c3cc(/C=C/c4ccc5c(c4)C(CCCCCC)(CCCCCC)c4cc(/C=C/C)cc(/C=C/c6ccccc6)c4-5)c4c(c3)C(CCCCCC)(CCCCCC)c3cc(/C=C/C)ccc3-4)cc(/C=C/C)c1-2. The van der Waals surface area contributed by atoms with Crippen LogP contribution < -0.4 is 0 Å². The first-order chi connectivity index (χ1) is 48.6. The van der Waals surface area contributed by atoms with E-state index in [1.54, 1.807) is 33.4 Å². The molecule has 0 heteroatoms.